The average Bonchev–Trinajstić information content (AvgIpc) is 2.99. The van der Waals surface area contributed by atoms with Crippen LogP contribution in [0.4, 0.5) is 0 Å². The molecule has 2 aromatic rings. The second-order valence-electron chi connectivity index (χ2n) is 6.54. The van der Waals surface area contributed by atoms with Crippen LogP contribution in [0.3, 0.4) is 0 Å². The molecule has 1 aromatic carbocycles. The van der Waals surface area contributed by atoms with Crippen molar-refractivity contribution in [1.29, 1.82) is 0 Å². The maximum atomic E-state index is 12.7. The summed E-state index contributed by atoms with van der Waals surface area (Å²) in [6.07, 6.45) is 1.59. The van der Waals surface area contributed by atoms with Gasteiger partial charge >= 0.3 is 0 Å². The van der Waals surface area contributed by atoms with E-state index >= 15 is 0 Å². The van der Waals surface area contributed by atoms with Gasteiger partial charge in [0.05, 0.1) is 13.2 Å². The van der Waals surface area contributed by atoms with Crippen molar-refractivity contribution in [1.82, 2.24) is 14.8 Å². The summed E-state index contributed by atoms with van der Waals surface area (Å²) in [6, 6.07) is 11.6. The average molecular weight is 339 g/mol. The third kappa shape index (κ3) is 2.93. The van der Waals surface area contributed by atoms with Gasteiger partial charge in [-0.25, -0.2) is 4.98 Å². The number of hydrogen-bond donors (Lipinski definition) is 0. The van der Waals surface area contributed by atoms with E-state index in [1.165, 1.54) is 5.56 Å². The second kappa shape index (κ2) is 6.37. The Labute approximate surface area is 147 Å². The standard InChI is InChI=1S/C19H21N3O3/c1-21-16-11-22(10-13-5-3-6-14(9-13)24-2)12-17(16)25-18-15(19(21)23)7-4-8-20-18/h3-9,16-17H,10-12H2,1-2H3. The third-order valence-corrected chi connectivity index (χ3v) is 4.94. The highest BCUT2D eigenvalue weighted by atomic mass is 16.5. The minimum Gasteiger partial charge on any atom is -0.497 e. The molecule has 0 saturated carbocycles. The number of nitrogens with zero attached hydrogens (tertiary/aromatic N) is 3. The molecular formula is C19H21N3O3. The predicted molar refractivity (Wildman–Crippen MR) is 92.8 cm³/mol. The summed E-state index contributed by atoms with van der Waals surface area (Å²) < 4.78 is 11.4. The fourth-order valence-corrected chi connectivity index (χ4v) is 3.61. The molecule has 2 atom stereocenters. The normalized spacial score (nSPS) is 22.8. The van der Waals surface area contributed by atoms with Gasteiger partial charge in [-0.1, -0.05) is 12.1 Å². The highest BCUT2D eigenvalue weighted by molar-refractivity contribution is 5.96. The zero-order valence-corrected chi connectivity index (χ0v) is 14.4. The first-order valence-electron chi connectivity index (χ1n) is 8.40. The Hall–Kier alpha value is -2.60. The van der Waals surface area contributed by atoms with Gasteiger partial charge in [-0.05, 0) is 29.8 Å². The first-order chi connectivity index (χ1) is 12.2. The van der Waals surface area contributed by atoms with E-state index in [-0.39, 0.29) is 18.1 Å². The summed E-state index contributed by atoms with van der Waals surface area (Å²) in [4.78, 5) is 21.1. The van der Waals surface area contributed by atoms with Crippen LogP contribution in [0.2, 0.25) is 0 Å². The number of methoxy groups -OCH3 is 1. The molecule has 6 nitrogen and oxygen atoms in total. The number of carbonyl (C=O) groups excluding carboxylic acids is 1. The third-order valence-electron chi connectivity index (χ3n) is 4.94. The number of pyridine rings is 1. The van der Waals surface area contributed by atoms with E-state index in [4.69, 9.17) is 9.47 Å². The monoisotopic (exact) mass is 339 g/mol. The fourth-order valence-electron chi connectivity index (χ4n) is 3.61. The highest BCUT2D eigenvalue weighted by Gasteiger charge is 2.42. The number of fused-ring (bicyclic) bond motifs is 2. The van der Waals surface area contributed by atoms with E-state index in [1.807, 2.05) is 25.2 Å². The van der Waals surface area contributed by atoms with Crippen molar-refractivity contribution >= 4 is 5.91 Å². The van der Waals surface area contributed by atoms with Crippen LogP contribution >= 0.6 is 0 Å². The zero-order valence-electron chi connectivity index (χ0n) is 14.4. The van der Waals surface area contributed by atoms with Gasteiger partial charge in [0.15, 0.2) is 0 Å². The number of rotatable bonds is 3. The zero-order chi connectivity index (χ0) is 17.4. The summed E-state index contributed by atoms with van der Waals surface area (Å²) in [5.74, 6) is 1.27. The lowest BCUT2D eigenvalue weighted by Crippen LogP contribution is -2.44. The summed E-state index contributed by atoms with van der Waals surface area (Å²) in [5, 5.41) is 0. The highest BCUT2D eigenvalue weighted by Crippen LogP contribution is 2.29. The van der Waals surface area contributed by atoms with Gasteiger partial charge in [-0.15, -0.1) is 0 Å². The Morgan fingerprint density at radius 1 is 1.28 bits per heavy atom. The first-order valence-corrected chi connectivity index (χ1v) is 8.40. The number of likely N-dealkylation sites (tertiary alicyclic amines) is 1. The lowest BCUT2D eigenvalue weighted by atomic mass is 10.2. The quantitative estimate of drug-likeness (QED) is 0.854. The minimum absolute atomic E-state index is 0.0207. The molecule has 1 saturated heterocycles. The van der Waals surface area contributed by atoms with E-state index < -0.39 is 0 Å². The van der Waals surface area contributed by atoms with Crippen LogP contribution in [-0.4, -0.2) is 60.1 Å². The molecule has 0 N–H and O–H groups in total. The molecule has 3 heterocycles. The summed E-state index contributed by atoms with van der Waals surface area (Å²) in [6.45, 7) is 2.33. The van der Waals surface area contributed by atoms with Crippen molar-refractivity contribution in [2.24, 2.45) is 0 Å². The summed E-state index contributed by atoms with van der Waals surface area (Å²) >= 11 is 0. The van der Waals surface area contributed by atoms with Gasteiger partial charge in [0, 0.05) is 32.9 Å². The number of amides is 1. The molecule has 0 spiro atoms. The van der Waals surface area contributed by atoms with Gasteiger partial charge in [0.1, 0.15) is 17.4 Å². The number of carbonyl (C=O) groups is 1. The molecule has 4 rings (SSSR count). The summed E-state index contributed by atoms with van der Waals surface area (Å²) in [7, 11) is 3.52. The first kappa shape index (κ1) is 15.9. The molecule has 2 aliphatic heterocycles. The Balaban J connectivity index is 1.54. The Kier molecular flexibility index (Phi) is 4.05. The topological polar surface area (TPSA) is 54.9 Å². The van der Waals surface area contributed by atoms with Gasteiger partial charge in [-0.2, -0.15) is 0 Å². The maximum absolute atomic E-state index is 12.7. The molecule has 2 unspecified atom stereocenters. The van der Waals surface area contributed by atoms with Crippen molar-refractivity contribution < 1.29 is 14.3 Å². The van der Waals surface area contributed by atoms with Gasteiger partial charge in [0.2, 0.25) is 5.88 Å². The molecular weight excluding hydrogens is 318 g/mol. The van der Waals surface area contributed by atoms with Gasteiger partial charge < -0.3 is 14.4 Å². The number of aromatic nitrogens is 1. The number of benzene rings is 1. The van der Waals surface area contributed by atoms with E-state index in [2.05, 4.69) is 16.0 Å². The molecule has 0 bridgehead atoms. The van der Waals surface area contributed by atoms with E-state index in [1.54, 1.807) is 30.3 Å². The smallest absolute Gasteiger partial charge is 0.259 e. The Morgan fingerprint density at radius 3 is 3.00 bits per heavy atom. The molecule has 1 aromatic heterocycles. The SMILES string of the molecule is COc1cccc(CN2CC3Oc4ncccc4C(=O)N(C)C3C2)c1. The van der Waals surface area contributed by atoms with Crippen LogP contribution in [0.1, 0.15) is 15.9 Å². The van der Waals surface area contributed by atoms with Crippen molar-refractivity contribution in [2.45, 2.75) is 18.7 Å². The molecule has 0 aliphatic carbocycles. The Morgan fingerprint density at radius 2 is 2.16 bits per heavy atom. The van der Waals surface area contributed by atoms with Crippen LogP contribution in [0.15, 0.2) is 42.6 Å². The number of likely N-dealkylation sites (N-methyl/N-ethyl adjacent to an activating group) is 1. The molecule has 1 fully saturated rings. The molecule has 2 aliphatic rings. The fraction of sp³-hybridized carbons (Fsp3) is 0.368. The molecule has 6 heteroatoms. The predicted octanol–water partition coefficient (Wildman–Crippen LogP) is 1.81. The van der Waals surface area contributed by atoms with Crippen molar-refractivity contribution in [2.75, 3.05) is 27.2 Å². The van der Waals surface area contributed by atoms with E-state index in [0.717, 1.165) is 25.4 Å². The largest absolute Gasteiger partial charge is 0.497 e. The van der Waals surface area contributed by atoms with Crippen LogP contribution in [0.25, 0.3) is 0 Å². The summed E-state index contributed by atoms with van der Waals surface area (Å²) in [5.41, 5.74) is 1.72. The second-order valence-corrected chi connectivity index (χ2v) is 6.54. The van der Waals surface area contributed by atoms with Crippen LogP contribution < -0.4 is 9.47 Å². The van der Waals surface area contributed by atoms with Crippen molar-refractivity contribution in [3.63, 3.8) is 0 Å². The van der Waals surface area contributed by atoms with Crippen molar-refractivity contribution in [3.05, 3.63) is 53.7 Å². The molecule has 25 heavy (non-hydrogen) atoms. The lowest BCUT2D eigenvalue weighted by molar-refractivity contribution is 0.0680. The van der Waals surface area contributed by atoms with Gasteiger partial charge in [-0.3, -0.25) is 9.69 Å². The van der Waals surface area contributed by atoms with E-state index in [0.29, 0.717) is 11.4 Å². The minimum atomic E-state index is -0.0734. The van der Waals surface area contributed by atoms with Crippen molar-refractivity contribution in [3.8, 4) is 11.6 Å². The lowest BCUT2D eigenvalue weighted by Gasteiger charge is -2.25. The maximum Gasteiger partial charge on any atom is 0.259 e. The number of hydrogen-bond acceptors (Lipinski definition) is 5. The molecule has 130 valence electrons. The van der Waals surface area contributed by atoms with Crippen LogP contribution in [-0.2, 0) is 6.54 Å². The van der Waals surface area contributed by atoms with Gasteiger partial charge in [0.25, 0.3) is 5.91 Å². The van der Waals surface area contributed by atoms with Crippen LogP contribution in [0, 0.1) is 0 Å². The molecule has 0 radical (unpaired) electrons. The Bertz CT molecular complexity index is 795. The van der Waals surface area contributed by atoms with Crippen LogP contribution in [0.5, 0.6) is 11.6 Å². The van der Waals surface area contributed by atoms with E-state index in [9.17, 15) is 4.79 Å². The number of ether oxygens (including phenoxy) is 2. The molecule has 1 amide bonds.